The van der Waals surface area contributed by atoms with Crippen LogP contribution in [0.15, 0.2) is 53.9 Å². The van der Waals surface area contributed by atoms with Crippen LogP contribution in [-0.4, -0.2) is 33.4 Å². The first-order chi connectivity index (χ1) is 14.4. The Balaban J connectivity index is 1.59. The molecule has 0 saturated carbocycles. The van der Waals surface area contributed by atoms with Crippen LogP contribution in [0.1, 0.15) is 44.4 Å². The molecule has 5 rings (SSSR count). The minimum atomic E-state index is -0.567. The Morgan fingerprint density at radius 1 is 1.07 bits per heavy atom. The maximum Gasteiger partial charge on any atom is 0.248 e. The van der Waals surface area contributed by atoms with Crippen LogP contribution in [0.25, 0.3) is 11.0 Å². The van der Waals surface area contributed by atoms with Crippen LogP contribution in [0.5, 0.6) is 11.5 Å². The van der Waals surface area contributed by atoms with E-state index in [0.29, 0.717) is 12.2 Å². The Morgan fingerprint density at radius 2 is 1.87 bits per heavy atom. The van der Waals surface area contributed by atoms with Gasteiger partial charge in [0.25, 0.3) is 0 Å². The number of amides is 1. The molecule has 3 aromatic rings. The van der Waals surface area contributed by atoms with Crippen LogP contribution in [-0.2, 0) is 4.79 Å². The van der Waals surface area contributed by atoms with E-state index in [1.165, 1.54) is 0 Å². The average molecular weight is 402 g/mol. The van der Waals surface area contributed by atoms with E-state index in [0.717, 1.165) is 33.6 Å². The molecule has 30 heavy (non-hydrogen) atoms. The number of carbonyl (C=O) groups excluding carboxylic acids is 1. The van der Waals surface area contributed by atoms with Gasteiger partial charge in [-0.05, 0) is 24.3 Å². The Labute approximate surface area is 174 Å². The fourth-order valence-electron chi connectivity index (χ4n) is 3.82. The number of hydrazone groups is 1. The molecule has 0 radical (unpaired) electrons. The largest absolute Gasteiger partial charge is 0.454 e. The molecule has 0 fully saturated rings. The maximum atomic E-state index is 13.3. The zero-order valence-electron chi connectivity index (χ0n) is 17.1. The summed E-state index contributed by atoms with van der Waals surface area (Å²) in [7, 11) is 0. The number of aromatic nitrogens is 2. The van der Waals surface area contributed by atoms with Crippen LogP contribution in [0.3, 0.4) is 0 Å². The lowest BCUT2D eigenvalue weighted by Crippen LogP contribution is -2.36. The summed E-state index contributed by atoms with van der Waals surface area (Å²) in [6.45, 7) is 5.94. The molecule has 3 heterocycles. The molecule has 0 N–H and O–H groups in total. The minimum absolute atomic E-state index is 0.0378. The summed E-state index contributed by atoms with van der Waals surface area (Å²) in [5, 5.41) is 6.39. The summed E-state index contributed by atoms with van der Waals surface area (Å²) in [6.07, 6.45) is 3.93. The van der Waals surface area contributed by atoms with Crippen LogP contribution in [0.2, 0.25) is 0 Å². The van der Waals surface area contributed by atoms with Crippen LogP contribution < -0.4 is 9.47 Å². The SMILES string of the molecule is CC(C)(C)C(=O)N1N=C(c2ccc3c(c2)OCO3)C[C@@H]1c1cccc2nccnc12. The topological polar surface area (TPSA) is 76.9 Å². The van der Waals surface area contributed by atoms with Crippen molar-refractivity contribution in [2.24, 2.45) is 10.5 Å². The lowest BCUT2D eigenvalue weighted by atomic mass is 9.92. The van der Waals surface area contributed by atoms with Crippen LogP contribution in [0.4, 0.5) is 0 Å². The molecule has 7 heteroatoms. The lowest BCUT2D eigenvalue weighted by molar-refractivity contribution is -0.141. The van der Waals surface area contributed by atoms with Gasteiger partial charge in [-0.2, -0.15) is 5.10 Å². The standard InChI is InChI=1S/C23H22N4O3/c1-23(2,3)22(28)27-18(15-5-4-6-16-21(15)25-10-9-24-16)12-17(26-27)14-7-8-19-20(11-14)30-13-29-19/h4-11,18H,12-13H2,1-3H3/t18-/m1/s1. The molecule has 0 saturated heterocycles. The zero-order valence-corrected chi connectivity index (χ0v) is 17.1. The predicted molar refractivity (Wildman–Crippen MR) is 112 cm³/mol. The van der Waals surface area contributed by atoms with Gasteiger partial charge in [-0.3, -0.25) is 14.8 Å². The fraction of sp³-hybridized carbons (Fsp3) is 0.304. The average Bonchev–Trinajstić information content (AvgIpc) is 3.38. The van der Waals surface area contributed by atoms with Crippen molar-refractivity contribution in [1.29, 1.82) is 0 Å². The fourth-order valence-corrected chi connectivity index (χ4v) is 3.82. The summed E-state index contributed by atoms with van der Waals surface area (Å²) in [6, 6.07) is 11.4. The third-order valence-corrected chi connectivity index (χ3v) is 5.35. The van der Waals surface area contributed by atoms with Gasteiger partial charge in [0.2, 0.25) is 12.7 Å². The van der Waals surface area contributed by atoms with Gasteiger partial charge in [0, 0.05) is 35.4 Å². The number of hydrogen-bond donors (Lipinski definition) is 0. The Hall–Kier alpha value is -3.48. The van der Waals surface area contributed by atoms with Crippen molar-refractivity contribution in [2.45, 2.75) is 33.2 Å². The van der Waals surface area contributed by atoms with Gasteiger partial charge in [0.1, 0.15) is 0 Å². The smallest absolute Gasteiger partial charge is 0.248 e. The molecule has 152 valence electrons. The van der Waals surface area contributed by atoms with Crippen molar-refractivity contribution in [3.63, 3.8) is 0 Å². The summed E-state index contributed by atoms with van der Waals surface area (Å²) >= 11 is 0. The molecule has 1 atom stereocenters. The van der Waals surface area contributed by atoms with E-state index in [2.05, 4.69) is 9.97 Å². The van der Waals surface area contributed by atoms with Gasteiger partial charge in [0.05, 0.1) is 22.8 Å². The number of nitrogens with zero attached hydrogens (tertiary/aromatic N) is 4. The predicted octanol–water partition coefficient (Wildman–Crippen LogP) is 4.08. The van der Waals surface area contributed by atoms with E-state index in [4.69, 9.17) is 14.6 Å². The van der Waals surface area contributed by atoms with Gasteiger partial charge >= 0.3 is 0 Å². The number of hydrogen-bond acceptors (Lipinski definition) is 6. The highest BCUT2D eigenvalue weighted by Gasteiger charge is 2.39. The third-order valence-electron chi connectivity index (χ3n) is 5.35. The Bertz CT molecular complexity index is 1180. The maximum absolute atomic E-state index is 13.3. The molecule has 0 bridgehead atoms. The van der Waals surface area contributed by atoms with Gasteiger partial charge in [0.15, 0.2) is 11.5 Å². The Kier molecular flexibility index (Phi) is 4.20. The van der Waals surface area contributed by atoms with E-state index >= 15 is 0 Å². The second-order valence-corrected chi connectivity index (χ2v) is 8.51. The first kappa shape index (κ1) is 18.5. The molecule has 0 unspecified atom stereocenters. The molecule has 0 aliphatic carbocycles. The molecule has 2 aromatic carbocycles. The van der Waals surface area contributed by atoms with E-state index < -0.39 is 5.41 Å². The number of rotatable bonds is 2. The normalized spacial score (nSPS) is 18.0. The number of ether oxygens (including phenoxy) is 2. The first-order valence-electron chi connectivity index (χ1n) is 9.92. The van der Waals surface area contributed by atoms with Crippen LogP contribution >= 0.6 is 0 Å². The second kappa shape index (κ2) is 6.79. The highest BCUT2D eigenvalue weighted by molar-refractivity contribution is 6.04. The van der Waals surface area contributed by atoms with Crippen molar-refractivity contribution in [3.05, 3.63) is 59.9 Å². The van der Waals surface area contributed by atoms with Gasteiger partial charge < -0.3 is 9.47 Å². The third kappa shape index (κ3) is 3.07. The number of benzene rings is 2. The lowest BCUT2D eigenvalue weighted by Gasteiger charge is -2.28. The summed E-state index contributed by atoms with van der Waals surface area (Å²) < 4.78 is 10.9. The molecule has 7 nitrogen and oxygen atoms in total. The van der Waals surface area contributed by atoms with Crippen molar-refractivity contribution >= 4 is 22.7 Å². The quantitative estimate of drug-likeness (QED) is 0.645. The number of para-hydroxylation sites is 1. The van der Waals surface area contributed by atoms with E-state index in [9.17, 15) is 4.79 Å². The number of fused-ring (bicyclic) bond motifs is 2. The monoisotopic (exact) mass is 402 g/mol. The van der Waals surface area contributed by atoms with Crippen molar-refractivity contribution in [1.82, 2.24) is 15.0 Å². The Morgan fingerprint density at radius 3 is 2.70 bits per heavy atom. The van der Waals surface area contributed by atoms with Gasteiger partial charge in [-0.25, -0.2) is 5.01 Å². The van der Waals surface area contributed by atoms with Gasteiger partial charge in [-0.15, -0.1) is 0 Å². The second-order valence-electron chi connectivity index (χ2n) is 8.51. The molecular formula is C23H22N4O3. The van der Waals surface area contributed by atoms with Crippen LogP contribution in [0, 0.1) is 5.41 Å². The number of carbonyl (C=O) groups is 1. The molecular weight excluding hydrogens is 380 g/mol. The summed E-state index contributed by atoms with van der Waals surface area (Å²) in [4.78, 5) is 22.2. The van der Waals surface area contributed by atoms with Gasteiger partial charge in [-0.1, -0.05) is 32.9 Å². The van der Waals surface area contributed by atoms with E-state index in [1.54, 1.807) is 17.4 Å². The molecule has 1 amide bonds. The zero-order chi connectivity index (χ0) is 20.9. The van der Waals surface area contributed by atoms with E-state index in [-0.39, 0.29) is 18.7 Å². The summed E-state index contributed by atoms with van der Waals surface area (Å²) in [5.74, 6) is 1.38. The molecule has 2 aliphatic heterocycles. The van der Waals surface area contributed by atoms with E-state index in [1.807, 2.05) is 57.2 Å². The van der Waals surface area contributed by atoms with Crippen molar-refractivity contribution < 1.29 is 14.3 Å². The highest BCUT2D eigenvalue weighted by Crippen LogP contribution is 2.40. The van der Waals surface area contributed by atoms with Crippen molar-refractivity contribution in [3.8, 4) is 11.5 Å². The first-order valence-corrected chi connectivity index (χ1v) is 9.92. The molecule has 0 spiro atoms. The van der Waals surface area contributed by atoms with Crippen molar-refractivity contribution in [2.75, 3.05) is 6.79 Å². The summed E-state index contributed by atoms with van der Waals surface area (Å²) in [5.41, 5.74) is 3.71. The molecule has 2 aliphatic rings. The minimum Gasteiger partial charge on any atom is -0.454 e. The molecule has 1 aromatic heterocycles. The highest BCUT2D eigenvalue weighted by atomic mass is 16.7.